The highest BCUT2D eigenvalue weighted by Crippen LogP contribution is 2.24. The number of Topliss-reactive ketones (excluding diaryl/α,β-unsaturated/α-hetero) is 1. The summed E-state index contributed by atoms with van der Waals surface area (Å²) in [6.07, 6.45) is 7.02. The number of rotatable bonds is 6. The first-order valence-electron chi connectivity index (χ1n) is 9.82. The second kappa shape index (κ2) is 8.34. The van der Waals surface area contributed by atoms with Gasteiger partial charge >= 0.3 is 0 Å². The topological polar surface area (TPSA) is 81.0 Å². The van der Waals surface area contributed by atoms with Crippen LogP contribution in [-0.4, -0.2) is 38.0 Å². The van der Waals surface area contributed by atoms with E-state index in [2.05, 4.69) is 25.9 Å². The molecule has 148 valence electrons. The number of fused-ring (bicyclic) bond motifs is 1. The van der Waals surface area contributed by atoms with Gasteiger partial charge in [0.15, 0.2) is 0 Å². The Hall–Kier alpha value is -3.35. The van der Waals surface area contributed by atoms with Crippen molar-refractivity contribution < 1.29 is 9.59 Å². The molecule has 0 spiro atoms. The molecule has 4 heterocycles. The summed E-state index contributed by atoms with van der Waals surface area (Å²) in [7, 11) is 0. The third kappa shape index (κ3) is 4.39. The molecule has 0 bridgehead atoms. The Morgan fingerprint density at radius 3 is 2.76 bits per heavy atom. The van der Waals surface area contributed by atoms with Gasteiger partial charge in [0.05, 0.1) is 17.8 Å². The molecule has 7 nitrogen and oxygen atoms in total. The van der Waals surface area contributed by atoms with Crippen LogP contribution in [0.4, 0.5) is 5.82 Å². The predicted octanol–water partition coefficient (Wildman–Crippen LogP) is 2.98. The highest BCUT2D eigenvalue weighted by Gasteiger charge is 2.23. The van der Waals surface area contributed by atoms with Gasteiger partial charge in [-0.1, -0.05) is 0 Å². The van der Waals surface area contributed by atoms with E-state index >= 15 is 0 Å². The molecule has 0 saturated heterocycles. The SMILES string of the molecule is Cc1cc2n(c1)CCCN2C(=O)CCC(=O)Cc1ccc(-c2cccnc2)nn1. The Labute approximate surface area is 169 Å². The monoisotopic (exact) mass is 389 g/mol. The quantitative estimate of drug-likeness (QED) is 0.647. The largest absolute Gasteiger partial charge is 0.334 e. The van der Waals surface area contributed by atoms with Crippen LogP contribution in [0.25, 0.3) is 11.3 Å². The maximum Gasteiger partial charge on any atom is 0.228 e. The number of amides is 1. The molecule has 0 fully saturated rings. The van der Waals surface area contributed by atoms with E-state index in [1.54, 1.807) is 23.4 Å². The summed E-state index contributed by atoms with van der Waals surface area (Å²) >= 11 is 0. The minimum atomic E-state index is -0.00893. The van der Waals surface area contributed by atoms with Crippen molar-refractivity contribution in [1.82, 2.24) is 19.7 Å². The minimum absolute atomic E-state index is 0.00425. The van der Waals surface area contributed by atoms with Crippen molar-refractivity contribution in [1.29, 1.82) is 0 Å². The number of nitrogens with zero attached hydrogens (tertiary/aromatic N) is 5. The van der Waals surface area contributed by atoms with Crippen molar-refractivity contribution >= 4 is 17.5 Å². The van der Waals surface area contributed by atoms with Crippen molar-refractivity contribution in [3.8, 4) is 11.3 Å². The van der Waals surface area contributed by atoms with Gasteiger partial charge in [-0.3, -0.25) is 19.5 Å². The van der Waals surface area contributed by atoms with Crippen LogP contribution in [-0.2, 0) is 22.6 Å². The molecular weight excluding hydrogens is 366 g/mol. The number of hydrogen-bond donors (Lipinski definition) is 0. The maximum absolute atomic E-state index is 12.7. The maximum atomic E-state index is 12.7. The molecule has 1 aliphatic rings. The van der Waals surface area contributed by atoms with Gasteiger partial charge < -0.3 is 4.57 Å². The van der Waals surface area contributed by atoms with Crippen LogP contribution in [0.5, 0.6) is 0 Å². The first-order chi connectivity index (χ1) is 14.1. The highest BCUT2D eigenvalue weighted by molar-refractivity contribution is 5.95. The number of carbonyl (C=O) groups excluding carboxylic acids is 2. The van der Waals surface area contributed by atoms with Crippen LogP contribution in [0.15, 0.2) is 48.9 Å². The summed E-state index contributed by atoms with van der Waals surface area (Å²) in [6.45, 7) is 3.66. The number of ketones is 1. The molecule has 1 amide bonds. The van der Waals surface area contributed by atoms with E-state index in [4.69, 9.17) is 0 Å². The van der Waals surface area contributed by atoms with Crippen LogP contribution in [0.1, 0.15) is 30.5 Å². The van der Waals surface area contributed by atoms with Crippen molar-refractivity contribution in [2.45, 2.75) is 39.2 Å². The van der Waals surface area contributed by atoms with E-state index in [0.29, 0.717) is 17.9 Å². The second-order valence-corrected chi connectivity index (χ2v) is 7.34. The van der Waals surface area contributed by atoms with Gasteiger partial charge in [0.1, 0.15) is 11.6 Å². The fourth-order valence-corrected chi connectivity index (χ4v) is 3.61. The summed E-state index contributed by atoms with van der Waals surface area (Å²) in [5.74, 6) is 0.920. The summed E-state index contributed by atoms with van der Waals surface area (Å²) in [5, 5.41) is 8.33. The van der Waals surface area contributed by atoms with Gasteiger partial charge in [-0.25, -0.2) is 0 Å². The number of aromatic nitrogens is 4. The molecule has 0 atom stereocenters. The smallest absolute Gasteiger partial charge is 0.228 e. The number of hydrogen-bond acceptors (Lipinski definition) is 5. The van der Waals surface area contributed by atoms with Crippen LogP contribution in [0, 0.1) is 6.92 Å². The zero-order valence-corrected chi connectivity index (χ0v) is 16.4. The standard InChI is InChI=1S/C22H23N5O2/c1-16-12-21-26(15-16)10-3-11-27(21)22(29)8-6-19(28)13-18-5-7-20(25-24-18)17-4-2-9-23-14-17/h2,4-5,7,9,12,14-15H,3,6,8,10-11,13H2,1H3. The van der Waals surface area contributed by atoms with E-state index < -0.39 is 0 Å². The zero-order valence-electron chi connectivity index (χ0n) is 16.4. The van der Waals surface area contributed by atoms with Gasteiger partial charge in [-0.2, -0.15) is 10.2 Å². The van der Waals surface area contributed by atoms with E-state index in [1.807, 2.05) is 31.2 Å². The summed E-state index contributed by atoms with van der Waals surface area (Å²) in [5.41, 5.74) is 3.35. The molecule has 0 aromatic carbocycles. The van der Waals surface area contributed by atoms with Gasteiger partial charge in [-0.05, 0) is 49.2 Å². The first-order valence-corrected chi connectivity index (χ1v) is 9.82. The van der Waals surface area contributed by atoms with Crippen molar-refractivity contribution in [3.05, 3.63) is 60.2 Å². The fraction of sp³-hybridized carbons (Fsp3) is 0.318. The molecule has 0 N–H and O–H groups in total. The number of aryl methyl sites for hydroxylation is 2. The Bertz CT molecular complexity index is 1010. The lowest BCUT2D eigenvalue weighted by atomic mass is 10.1. The molecule has 0 aliphatic carbocycles. The minimum Gasteiger partial charge on any atom is -0.334 e. The third-order valence-corrected chi connectivity index (χ3v) is 5.04. The zero-order chi connectivity index (χ0) is 20.2. The van der Waals surface area contributed by atoms with Crippen molar-refractivity contribution in [2.75, 3.05) is 11.4 Å². The average Bonchev–Trinajstić information content (AvgIpc) is 3.13. The molecule has 0 radical (unpaired) electrons. The lowest BCUT2D eigenvalue weighted by Crippen LogP contribution is -2.37. The van der Waals surface area contributed by atoms with E-state index in [1.165, 1.54) is 0 Å². The van der Waals surface area contributed by atoms with Crippen LogP contribution < -0.4 is 4.90 Å². The predicted molar refractivity (Wildman–Crippen MR) is 109 cm³/mol. The third-order valence-electron chi connectivity index (χ3n) is 5.04. The number of carbonyl (C=O) groups is 2. The highest BCUT2D eigenvalue weighted by atomic mass is 16.2. The van der Waals surface area contributed by atoms with Crippen molar-refractivity contribution in [3.63, 3.8) is 0 Å². The Morgan fingerprint density at radius 1 is 1.10 bits per heavy atom. The van der Waals surface area contributed by atoms with Gasteiger partial charge in [0.2, 0.25) is 5.91 Å². The lowest BCUT2D eigenvalue weighted by molar-refractivity contribution is -0.123. The normalized spacial score (nSPS) is 13.2. The van der Waals surface area contributed by atoms with E-state index in [9.17, 15) is 9.59 Å². The Kier molecular flexibility index (Phi) is 5.46. The number of pyridine rings is 1. The van der Waals surface area contributed by atoms with Crippen LogP contribution in [0.3, 0.4) is 0 Å². The average molecular weight is 389 g/mol. The molecule has 1 aliphatic heterocycles. The number of anilines is 1. The lowest BCUT2D eigenvalue weighted by Gasteiger charge is -2.28. The van der Waals surface area contributed by atoms with Gasteiger partial charge in [-0.15, -0.1) is 0 Å². The summed E-state index contributed by atoms with van der Waals surface area (Å²) < 4.78 is 2.11. The molecular formula is C22H23N5O2. The Balaban J connectivity index is 1.32. The van der Waals surface area contributed by atoms with Crippen LogP contribution >= 0.6 is 0 Å². The molecule has 29 heavy (non-hydrogen) atoms. The van der Waals surface area contributed by atoms with Crippen LogP contribution in [0.2, 0.25) is 0 Å². The van der Waals surface area contributed by atoms with E-state index in [-0.39, 0.29) is 31.0 Å². The molecule has 3 aromatic rings. The summed E-state index contributed by atoms with van der Waals surface area (Å²) in [4.78, 5) is 30.9. The summed E-state index contributed by atoms with van der Waals surface area (Å²) in [6, 6.07) is 9.41. The molecule has 0 saturated carbocycles. The fourth-order valence-electron chi connectivity index (χ4n) is 3.61. The van der Waals surface area contributed by atoms with Crippen molar-refractivity contribution in [2.24, 2.45) is 0 Å². The van der Waals surface area contributed by atoms with Gasteiger partial charge in [0, 0.05) is 50.1 Å². The first kappa shape index (κ1) is 19.0. The molecule has 3 aromatic heterocycles. The van der Waals surface area contributed by atoms with E-state index in [0.717, 1.165) is 29.9 Å². The Morgan fingerprint density at radius 2 is 2.00 bits per heavy atom. The van der Waals surface area contributed by atoms with Gasteiger partial charge in [0.25, 0.3) is 0 Å². The second-order valence-electron chi connectivity index (χ2n) is 7.34. The molecule has 7 heteroatoms. The molecule has 4 rings (SSSR count). The molecule has 0 unspecified atom stereocenters.